The first-order valence-electron chi connectivity index (χ1n) is 10.1. The van der Waals surface area contributed by atoms with Gasteiger partial charge in [-0.05, 0) is 44.9 Å². The fourth-order valence-electron chi connectivity index (χ4n) is 3.18. The van der Waals surface area contributed by atoms with Crippen molar-refractivity contribution in [2.24, 2.45) is 0 Å². The van der Waals surface area contributed by atoms with Crippen molar-refractivity contribution in [2.45, 2.75) is 65.5 Å². The molecular formula is C22H31N3O4. The molecule has 1 heterocycles. The second-order valence-electron chi connectivity index (χ2n) is 7.53. The van der Waals surface area contributed by atoms with Gasteiger partial charge in [-0.15, -0.1) is 0 Å². The zero-order valence-corrected chi connectivity index (χ0v) is 17.9. The summed E-state index contributed by atoms with van der Waals surface area (Å²) >= 11 is 0. The molecule has 1 aromatic rings. The SMILES string of the molecule is CCCCCC(=O)Nc1cccc([C@H]2NC(=O)N(C)C(C)=C2C(=O)OC(C)C)c1. The van der Waals surface area contributed by atoms with Crippen molar-refractivity contribution in [1.82, 2.24) is 10.2 Å². The molecule has 7 heteroatoms. The number of unbranched alkanes of at least 4 members (excludes halogenated alkanes) is 2. The number of benzene rings is 1. The summed E-state index contributed by atoms with van der Waals surface area (Å²) in [7, 11) is 1.61. The number of urea groups is 1. The first-order valence-corrected chi connectivity index (χ1v) is 10.1. The summed E-state index contributed by atoms with van der Waals surface area (Å²) in [4.78, 5) is 38.6. The number of ether oxygens (including phenoxy) is 1. The van der Waals surface area contributed by atoms with E-state index in [4.69, 9.17) is 4.74 Å². The van der Waals surface area contributed by atoms with Gasteiger partial charge in [0.2, 0.25) is 5.91 Å². The van der Waals surface area contributed by atoms with Gasteiger partial charge >= 0.3 is 12.0 Å². The Bertz CT molecular complexity index is 801. The molecule has 1 aromatic carbocycles. The molecule has 0 bridgehead atoms. The van der Waals surface area contributed by atoms with Crippen LogP contribution in [0.3, 0.4) is 0 Å². The van der Waals surface area contributed by atoms with Gasteiger partial charge in [0.05, 0.1) is 17.7 Å². The van der Waals surface area contributed by atoms with Gasteiger partial charge in [-0.2, -0.15) is 0 Å². The quantitative estimate of drug-likeness (QED) is 0.506. The van der Waals surface area contributed by atoms with E-state index in [9.17, 15) is 14.4 Å². The third-order valence-electron chi connectivity index (χ3n) is 4.83. The Labute approximate surface area is 172 Å². The van der Waals surface area contributed by atoms with Gasteiger partial charge in [-0.3, -0.25) is 4.79 Å². The molecule has 0 unspecified atom stereocenters. The Morgan fingerprint density at radius 3 is 2.66 bits per heavy atom. The van der Waals surface area contributed by atoms with E-state index < -0.39 is 12.0 Å². The standard InChI is InChI=1S/C22H31N3O4/c1-6-7-8-12-18(26)23-17-11-9-10-16(13-17)20-19(21(27)29-14(2)3)15(4)25(5)22(28)24-20/h9-11,13-14,20H,6-8,12H2,1-5H3,(H,23,26)(H,24,28)/t20-/m1/s1. The molecule has 0 radical (unpaired) electrons. The van der Waals surface area contributed by atoms with Crippen LogP contribution in [0.5, 0.6) is 0 Å². The van der Waals surface area contributed by atoms with Crippen molar-refractivity contribution in [2.75, 3.05) is 12.4 Å². The van der Waals surface area contributed by atoms with Crippen LogP contribution in [-0.2, 0) is 14.3 Å². The van der Waals surface area contributed by atoms with Gasteiger partial charge in [0.1, 0.15) is 0 Å². The number of hydrogen-bond acceptors (Lipinski definition) is 4. The molecule has 29 heavy (non-hydrogen) atoms. The summed E-state index contributed by atoms with van der Waals surface area (Å²) < 4.78 is 5.40. The summed E-state index contributed by atoms with van der Waals surface area (Å²) in [6.45, 7) is 7.38. The highest BCUT2D eigenvalue weighted by Crippen LogP contribution is 2.32. The first kappa shape index (κ1) is 22.5. The molecule has 3 amide bonds. The average molecular weight is 402 g/mol. The van der Waals surface area contributed by atoms with Crippen LogP contribution >= 0.6 is 0 Å². The number of hydrogen-bond donors (Lipinski definition) is 2. The number of anilines is 1. The number of esters is 1. The van der Waals surface area contributed by atoms with E-state index in [0.29, 0.717) is 28.9 Å². The van der Waals surface area contributed by atoms with Gasteiger partial charge in [-0.1, -0.05) is 31.9 Å². The van der Waals surface area contributed by atoms with Crippen molar-refractivity contribution in [3.63, 3.8) is 0 Å². The van der Waals surface area contributed by atoms with Gasteiger partial charge in [0.15, 0.2) is 0 Å². The Hall–Kier alpha value is -2.83. The largest absolute Gasteiger partial charge is 0.459 e. The maximum Gasteiger partial charge on any atom is 0.338 e. The minimum absolute atomic E-state index is 0.0471. The number of nitrogens with one attached hydrogen (secondary N) is 2. The Morgan fingerprint density at radius 2 is 2.00 bits per heavy atom. The molecule has 1 aliphatic rings. The number of amides is 3. The van der Waals surface area contributed by atoms with E-state index in [0.717, 1.165) is 19.3 Å². The summed E-state index contributed by atoms with van der Waals surface area (Å²) in [6.07, 6.45) is 3.11. The Kier molecular flexibility index (Phi) is 7.82. The van der Waals surface area contributed by atoms with Crippen LogP contribution in [0.15, 0.2) is 35.5 Å². The van der Waals surface area contributed by atoms with Crippen LogP contribution in [0.1, 0.15) is 65.0 Å². The molecule has 0 saturated carbocycles. The molecule has 1 aliphatic heterocycles. The van der Waals surface area contributed by atoms with Crippen molar-refractivity contribution in [3.05, 3.63) is 41.1 Å². The number of allylic oxidation sites excluding steroid dienone is 1. The van der Waals surface area contributed by atoms with Crippen LogP contribution in [0.2, 0.25) is 0 Å². The minimum Gasteiger partial charge on any atom is -0.459 e. The molecule has 1 atom stereocenters. The topological polar surface area (TPSA) is 87.7 Å². The molecule has 0 spiro atoms. The summed E-state index contributed by atoms with van der Waals surface area (Å²) in [5.74, 6) is -0.516. The van der Waals surface area contributed by atoms with E-state index in [1.54, 1.807) is 46.0 Å². The zero-order valence-electron chi connectivity index (χ0n) is 17.9. The van der Waals surface area contributed by atoms with E-state index in [2.05, 4.69) is 17.6 Å². The number of rotatable bonds is 8. The maximum absolute atomic E-state index is 12.7. The zero-order chi connectivity index (χ0) is 21.6. The van der Waals surface area contributed by atoms with E-state index >= 15 is 0 Å². The molecule has 0 fully saturated rings. The number of carbonyl (C=O) groups excluding carboxylic acids is 3. The van der Waals surface area contributed by atoms with E-state index in [-0.39, 0.29) is 18.0 Å². The van der Waals surface area contributed by atoms with Crippen LogP contribution in [-0.4, -0.2) is 36.0 Å². The van der Waals surface area contributed by atoms with Crippen LogP contribution in [0.4, 0.5) is 10.5 Å². The highest BCUT2D eigenvalue weighted by Gasteiger charge is 2.35. The van der Waals surface area contributed by atoms with Crippen LogP contribution in [0.25, 0.3) is 0 Å². The lowest BCUT2D eigenvalue weighted by Crippen LogP contribution is -2.46. The highest BCUT2D eigenvalue weighted by atomic mass is 16.5. The fourth-order valence-corrected chi connectivity index (χ4v) is 3.18. The number of nitrogens with zero attached hydrogens (tertiary/aromatic N) is 1. The molecule has 2 N–H and O–H groups in total. The van der Waals surface area contributed by atoms with Gasteiger partial charge in [0, 0.05) is 24.9 Å². The van der Waals surface area contributed by atoms with E-state index in [1.807, 2.05) is 6.07 Å². The normalized spacial score (nSPS) is 16.7. The second-order valence-corrected chi connectivity index (χ2v) is 7.53. The van der Waals surface area contributed by atoms with Crippen molar-refractivity contribution in [3.8, 4) is 0 Å². The summed E-state index contributed by atoms with van der Waals surface area (Å²) in [6, 6.07) is 6.23. The molecule has 0 aromatic heterocycles. The lowest BCUT2D eigenvalue weighted by Gasteiger charge is -2.33. The minimum atomic E-state index is -0.651. The van der Waals surface area contributed by atoms with Gasteiger partial charge < -0.3 is 20.3 Å². The monoisotopic (exact) mass is 401 g/mol. The second kappa shape index (κ2) is 10.1. The Morgan fingerprint density at radius 1 is 1.28 bits per heavy atom. The van der Waals surface area contributed by atoms with Crippen molar-refractivity contribution >= 4 is 23.6 Å². The first-order chi connectivity index (χ1) is 13.7. The predicted octanol–water partition coefficient (Wildman–Crippen LogP) is 4.13. The lowest BCUT2D eigenvalue weighted by atomic mass is 9.94. The molecule has 158 valence electrons. The highest BCUT2D eigenvalue weighted by molar-refractivity contribution is 5.95. The van der Waals surface area contributed by atoms with Crippen LogP contribution < -0.4 is 10.6 Å². The summed E-state index contributed by atoms with van der Waals surface area (Å²) in [5.41, 5.74) is 2.25. The smallest absolute Gasteiger partial charge is 0.338 e. The Balaban J connectivity index is 2.29. The lowest BCUT2D eigenvalue weighted by molar-refractivity contribution is -0.143. The molecule has 2 rings (SSSR count). The van der Waals surface area contributed by atoms with Crippen molar-refractivity contribution < 1.29 is 19.1 Å². The van der Waals surface area contributed by atoms with Crippen LogP contribution in [0, 0.1) is 0 Å². The van der Waals surface area contributed by atoms with Gasteiger partial charge in [-0.25, -0.2) is 9.59 Å². The molecular weight excluding hydrogens is 370 g/mol. The number of carbonyl (C=O) groups is 3. The third-order valence-corrected chi connectivity index (χ3v) is 4.83. The fraction of sp³-hybridized carbons (Fsp3) is 0.500. The van der Waals surface area contributed by atoms with Gasteiger partial charge in [0.25, 0.3) is 0 Å². The molecule has 0 saturated heterocycles. The summed E-state index contributed by atoms with van der Waals surface area (Å²) in [5, 5.41) is 5.75. The van der Waals surface area contributed by atoms with E-state index in [1.165, 1.54) is 4.90 Å². The molecule has 0 aliphatic carbocycles. The third kappa shape index (κ3) is 5.82. The average Bonchev–Trinajstić information content (AvgIpc) is 2.65. The maximum atomic E-state index is 12.7. The predicted molar refractivity (Wildman–Crippen MR) is 112 cm³/mol. The van der Waals surface area contributed by atoms with Crippen molar-refractivity contribution in [1.29, 1.82) is 0 Å². The molecule has 7 nitrogen and oxygen atoms in total.